The standard InChI is InChI=1S/C18H25ClN2O4S/c19-16-9-8-14(12-17(16)26(23,24)21-10-4-5-11-21)20-18(22)13-25-15-6-2-1-3-7-15/h8-9,12,15H,1-7,10-11,13H2,(H,20,22). The molecule has 1 aliphatic heterocycles. The maximum absolute atomic E-state index is 12.7. The maximum Gasteiger partial charge on any atom is 0.250 e. The Kier molecular flexibility index (Phi) is 6.55. The van der Waals surface area contributed by atoms with Gasteiger partial charge in [0.2, 0.25) is 15.9 Å². The number of benzene rings is 1. The molecule has 3 rings (SSSR count). The van der Waals surface area contributed by atoms with Crippen LogP contribution in [0.4, 0.5) is 5.69 Å². The monoisotopic (exact) mass is 400 g/mol. The molecule has 1 aromatic carbocycles. The number of carbonyl (C=O) groups is 1. The number of sulfonamides is 1. The van der Waals surface area contributed by atoms with Gasteiger partial charge >= 0.3 is 0 Å². The Morgan fingerprint density at radius 3 is 2.54 bits per heavy atom. The van der Waals surface area contributed by atoms with Crippen molar-refractivity contribution >= 4 is 33.2 Å². The van der Waals surface area contributed by atoms with Crippen LogP contribution in [0, 0.1) is 0 Å². The molecule has 2 fully saturated rings. The largest absolute Gasteiger partial charge is 0.368 e. The second-order valence-electron chi connectivity index (χ2n) is 6.88. The smallest absolute Gasteiger partial charge is 0.250 e. The third-order valence-corrected chi connectivity index (χ3v) is 7.28. The summed E-state index contributed by atoms with van der Waals surface area (Å²) in [6.07, 6.45) is 7.34. The molecule has 2 aliphatic rings. The van der Waals surface area contributed by atoms with Crippen molar-refractivity contribution in [3.63, 3.8) is 0 Å². The van der Waals surface area contributed by atoms with Gasteiger partial charge in [0.05, 0.1) is 11.1 Å². The summed E-state index contributed by atoms with van der Waals surface area (Å²) in [6, 6.07) is 4.53. The molecular formula is C18H25ClN2O4S. The summed E-state index contributed by atoms with van der Waals surface area (Å²) in [7, 11) is -3.64. The molecule has 0 bridgehead atoms. The van der Waals surface area contributed by atoms with Crippen LogP contribution in [0.2, 0.25) is 5.02 Å². The van der Waals surface area contributed by atoms with Gasteiger partial charge in [0.15, 0.2) is 0 Å². The van der Waals surface area contributed by atoms with E-state index in [2.05, 4.69) is 5.32 Å². The van der Waals surface area contributed by atoms with E-state index in [0.717, 1.165) is 38.5 Å². The number of hydrogen-bond donors (Lipinski definition) is 1. The zero-order chi connectivity index (χ0) is 18.6. The Morgan fingerprint density at radius 1 is 1.15 bits per heavy atom. The van der Waals surface area contributed by atoms with Gasteiger partial charge in [-0.1, -0.05) is 30.9 Å². The highest BCUT2D eigenvalue weighted by Gasteiger charge is 2.29. The molecule has 0 spiro atoms. The molecule has 1 saturated carbocycles. The van der Waals surface area contributed by atoms with E-state index in [4.69, 9.17) is 16.3 Å². The minimum absolute atomic E-state index is 0.0263. The molecule has 0 aromatic heterocycles. The molecule has 1 heterocycles. The molecule has 1 amide bonds. The Bertz CT molecular complexity index is 742. The van der Waals surface area contributed by atoms with E-state index in [1.807, 2.05) is 0 Å². The van der Waals surface area contributed by atoms with Crippen LogP contribution >= 0.6 is 11.6 Å². The number of rotatable bonds is 6. The molecule has 6 nitrogen and oxygen atoms in total. The van der Waals surface area contributed by atoms with E-state index in [1.54, 1.807) is 6.07 Å². The van der Waals surface area contributed by atoms with Gasteiger partial charge in [0.25, 0.3) is 0 Å². The predicted molar refractivity (Wildman–Crippen MR) is 101 cm³/mol. The molecule has 1 N–H and O–H groups in total. The fraction of sp³-hybridized carbons (Fsp3) is 0.611. The van der Waals surface area contributed by atoms with Crippen LogP contribution in [-0.4, -0.2) is 44.4 Å². The Morgan fingerprint density at radius 2 is 1.85 bits per heavy atom. The van der Waals surface area contributed by atoms with E-state index in [1.165, 1.54) is 22.9 Å². The molecule has 1 saturated heterocycles. The lowest BCUT2D eigenvalue weighted by atomic mass is 9.98. The molecule has 0 unspecified atom stereocenters. The lowest BCUT2D eigenvalue weighted by molar-refractivity contribution is -0.123. The summed E-state index contributed by atoms with van der Waals surface area (Å²) in [6.45, 7) is 0.983. The fourth-order valence-corrected chi connectivity index (χ4v) is 5.49. The third kappa shape index (κ3) is 4.76. The minimum atomic E-state index is -3.64. The maximum atomic E-state index is 12.7. The van der Waals surface area contributed by atoms with Gasteiger partial charge in [0, 0.05) is 18.8 Å². The fourth-order valence-electron chi connectivity index (χ4n) is 3.47. The first kappa shape index (κ1) is 19.6. The molecule has 26 heavy (non-hydrogen) atoms. The van der Waals surface area contributed by atoms with Gasteiger partial charge in [-0.25, -0.2) is 8.42 Å². The highest BCUT2D eigenvalue weighted by molar-refractivity contribution is 7.89. The van der Waals surface area contributed by atoms with E-state index in [-0.39, 0.29) is 28.5 Å². The zero-order valence-corrected chi connectivity index (χ0v) is 16.3. The lowest BCUT2D eigenvalue weighted by Gasteiger charge is -2.21. The van der Waals surface area contributed by atoms with Crippen molar-refractivity contribution in [1.82, 2.24) is 4.31 Å². The number of ether oxygens (including phenoxy) is 1. The number of anilines is 1. The zero-order valence-electron chi connectivity index (χ0n) is 14.7. The van der Waals surface area contributed by atoms with Crippen molar-refractivity contribution in [3.8, 4) is 0 Å². The van der Waals surface area contributed by atoms with Gasteiger partial charge in [-0.05, 0) is 43.9 Å². The second-order valence-corrected chi connectivity index (χ2v) is 9.19. The predicted octanol–water partition coefficient (Wildman–Crippen LogP) is 3.41. The topological polar surface area (TPSA) is 75.7 Å². The van der Waals surface area contributed by atoms with Gasteiger partial charge in [0.1, 0.15) is 11.5 Å². The first-order chi connectivity index (χ1) is 12.5. The van der Waals surface area contributed by atoms with Gasteiger partial charge in [-0.3, -0.25) is 4.79 Å². The highest BCUT2D eigenvalue weighted by Crippen LogP contribution is 2.29. The number of nitrogens with zero attached hydrogens (tertiary/aromatic N) is 1. The number of hydrogen-bond acceptors (Lipinski definition) is 4. The van der Waals surface area contributed by atoms with Crippen molar-refractivity contribution in [2.24, 2.45) is 0 Å². The van der Waals surface area contributed by atoms with Crippen molar-refractivity contribution in [2.45, 2.75) is 55.9 Å². The lowest BCUT2D eigenvalue weighted by Crippen LogP contribution is -2.28. The molecule has 1 aliphatic carbocycles. The summed E-state index contributed by atoms with van der Waals surface area (Å²) in [5, 5.41) is 2.87. The molecule has 8 heteroatoms. The molecule has 0 radical (unpaired) electrons. The quantitative estimate of drug-likeness (QED) is 0.793. The summed E-state index contributed by atoms with van der Waals surface area (Å²) < 4.78 is 32.6. The highest BCUT2D eigenvalue weighted by atomic mass is 35.5. The molecular weight excluding hydrogens is 376 g/mol. The number of amides is 1. The van der Waals surface area contributed by atoms with Crippen LogP contribution in [0.5, 0.6) is 0 Å². The number of halogens is 1. The van der Waals surface area contributed by atoms with Crippen LogP contribution in [-0.2, 0) is 19.6 Å². The Hall–Kier alpha value is -1.15. The molecule has 1 aromatic rings. The minimum Gasteiger partial charge on any atom is -0.368 e. The summed E-state index contributed by atoms with van der Waals surface area (Å²) in [4.78, 5) is 12.2. The van der Waals surface area contributed by atoms with Crippen LogP contribution < -0.4 is 5.32 Å². The Labute approximate surface area is 159 Å². The number of carbonyl (C=O) groups excluding carboxylic acids is 1. The average molecular weight is 401 g/mol. The van der Waals surface area contributed by atoms with Crippen molar-refractivity contribution in [1.29, 1.82) is 0 Å². The van der Waals surface area contributed by atoms with Crippen LogP contribution in [0.15, 0.2) is 23.1 Å². The van der Waals surface area contributed by atoms with Crippen molar-refractivity contribution in [2.75, 3.05) is 25.0 Å². The van der Waals surface area contributed by atoms with Crippen molar-refractivity contribution in [3.05, 3.63) is 23.2 Å². The summed E-state index contributed by atoms with van der Waals surface area (Å²) in [5.41, 5.74) is 0.407. The van der Waals surface area contributed by atoms with Crippen molar-refractivity contribution < 1.29 is 17.9 Å². The van der Waals surface area contributed by atoms with Gasteiger partial charge in [-0.2, -0.15) is 4.31 Å². The van der Waals surface area contributed by atoms with Crippen LogP contribution in [0.1, 0.15) is 44.9 Å². The SMILES string of the molecule is O=C(COC1CCCCC1)Nc1ccc(Cl)c(S(=O)(=O)N2CCCC2)c1. The van der Waals surface area contributed by atoms with E-state index in [9.17, 15) is 13.2 Å². The number of nitrogens with one attached hydrogen (secondary N) is 1. The Balaban J connectivity index is 1.64. The van der Waals surface area contributed by atoms with Crippen LogP contribution in [0.25, 0.3) is 0 Å². The summed E-state index contributed by atoms with van der Waals surface area (Å²) >= 11 is 6.12. The van der Waals surface area contributed by atoms with E-state index < -0.39 is 10.0 Å². The van der Waals surface area contributed by atoms with E-state index >= 15 is 0 Å². The molecule has 0 atom stereocenters. The average Bonchev–Trinajstić information content (AvgIpc) is 3.18. The van der Waals surface area contributed by atoms with Gasteiger partial charge < -0.3 is 10.1 Å². The second kappa shape index (κ2) is 8.69. The van der Waals surface area contributed by atoms with E-state index in [0.29, 0.717) is 18.8 Å². The first-order valence-corrected chi connectivity index (χ1v) is 11.0. The van der Waals surface area contributed by atoms with Crippen LogP contribution in [0.3, 0.4) is 0 Å². The summed E-state index contributed by atoms with van der Waals surface area (Å²) in [5.74, 6) is -0.289. The first-order valence-electron chi connectivity index (χ1n) is 9.18. The van der Waals surface area contributed by atoms with Gasteiger partial charge in [-0.15, -0.1) is 0 Å². The third-order valence-electron chi connectivity index (χ3n) is 4.90. The molecule has 144 valence electrons. The normalized spacial score (nSPS) is 19.6.